The molecule has 0 atom stereocenters. The van der Waals surface area contributed by atoms with E-state index in [1.807, 2.05) is 0 Å². The third-order valence-electron chi connectivity index (χ3n) is 2.62. The van der Waals surface area contributed by atoms with Crippen LogP contribution in [0.5, 0.6) is 0 Å². The highest BCUT2D eigenvalue weighted by Gasteiger charge is 2.17. The van der Waals surface area contributed by atoms with Crippen LogP contribution in [0.1, 0.15) is 0 Å². The molecular weight excluding hydrogens is 281 g/mol. The Morgan fingerprint density at radius 1 is 1.20 bits per heavy atom. The average Bonchev–Trinajstić information content (AvgIpc) is 2.38. The van der Waals surface area contributed by atoms with Gasteiger partial charge in [0.1, 0.15) is 10.7 Å². The maximum atomic E-state index is 13.1. The molecule has 0 spiro atoms. The third-order valence-corrected chi connectivity index (χ3v) is 3.95. The average molecular weight is 295 g/mol. The smallest absolute Gasteiger partial charge is 0.263 e. The van der Waals surface area contributed by atoms with Gasteiger partial charge in [0.15, 0.2) is 0 Å². The summed E-state index contributed by atoms with van der Waals surface area (Å²) in [6.07, 6.45) is 2.05. The summed E-state index contributed by atoms with van der Waals surface area (Å²) in [5.74, 6) is -0.700. The zero-order chi connectivity index (χ0) is 14.8. The maximum absolute atomic E-state index is 13.1. The second-order valence-corrected chi connectivity index (χ2v) is 6.04. The Hall–Kier alpha value is -2.15. The van der Waals surface area contributed by atoms with E-state index in [2.05, 4.69) is 9.71 Å². The summed E-state index contributed by atoms with van der Waals surface area (Å²) in [7, 11) is -0.266. The number of nitrogens with zero attached hydrogens (tertiary/aromatic N) is 2. The van der Waals surface area contributed by atoms with Crippen molar-refractivity contribution in [2.24, 2.45) is 0 Å². The van der Waals surface area contributed by atoms with Crippen molar-refractivity contribution >= 4 is 21.4 Å². The predicted octanol–water partition coefficient (Wildman–Crippen LogP) is 2.09. The number of hydrogen-bond donors (Lipinski definition) is 1. The summed E-state index contributed by atoms with van der Waals surface area (Å²) in [5.41, 5.74) is 1.13. The Morgan fingerprint density at radius 2 is 1.90 bits per heavy atom. The summed E-state index contributed by atoms with van der Waals surface area (Å²) in [6.45, 7) is 0. The molecule has 0 unspecified atom stereocenters. The van der Waals surface area contributed by atoms with Gasteiger partial charge in [-0.3, -0.25) is 9.71 Å². The first-order valence-corrected chi connectivity index (χ1v) is 7.28. The number of benzene rings is 1. The van der Waals surface area contributed by atoms with Crippen LogP contribution in [0.3, 0.4) is 0 Å². The van der Waals surface area contributed by atoms with E-state index >= 15 is 0 Å². The molecule has 0 saturated carbocycles. The van der Waals surface area contributed by atoms with Gasteiger partial charge in [-0.15, -0.1) is 0 Å². The highest BCUT2D eigenvalue weighted by atomic mass is 32.2. The molecule has 2 rings (SSSR count). The molecule has 0 radical (unpaired) electrons. The summed E-state index contributed by atoms with van der Waals surface area (Å²) in [5, 5.41) is 0. The van der Waals surface area contributed by atoms with Crippen molar-refractivity contribution < 1.29 is 12.8 Å². The van der Waals surface area contributed by atoms with E-state index in [4.69, 9.17) is 0 Å². The van der Waals surface area contributed by atoms with Gasteiger partial charge in [0, 0.05) is 20.3 Å². The summed E-state index contributed by atoms with van der Waals surface area (Å²) in [4.78, 5) is 5.11. The van der Waals surface area contributed by atoms with Gasteiger partial charge in [-0.05, 0) is 18.2 Å². The molecule has 0 amide bonds. The summed E-state index contributed by atoms with van der Waals surface area (Å²) in [6, 6.07) is 7.86. The van der Waals surface area contributed by atoms with E-state index < -0.39 is 15.8 Å². The molecule has 1 N–H and O–H groups in total. The lowest BCUT2D eigenvalue weighted by molar-refractivity contribution is 0.592. The fourth-order valence-corrected chi connectivity index (χ4v) is 2.74. The fourth-order valence-electron chi connectivity index (χ4n) is 1.69. The van der Waals surface area contributed by atoms with E-state index in [1.54, 1.807) is 43.3 Å². The van der Waals surface area contributed by atoms with Gasteiger partial charge < -0.3 is 4.90 Å². The Labute approximate surface area is 117 Å². The van der Waals surface area contributed by atoms with Crippen LogP contribution in [0.2, 0.25) is 0 Å². The highest BCUT2D eigenvalue weighted by molar-refractivity contribution is 7.92. The summed E-state index contributed by atoms with van der Waals surface area (Å²) < 4.78 is 39.9. The zero-order valence-electron chi connectivity index (χ0n) is 11.0. The predicted molar refractivity (Wildman–Crippen MR) is 75.8 cm³/mol. The lowest BCUT2D eigenvalue weighted by atomic mass is 10.2. The van der Waals surface area contributed by atoms with Crippen LogP contribution in [-0.2, 0) is 10.0 Å². The van der Waals surface area contributed by atoms with Crippen LogP contribution in [-0.4, -0.2) is 27.5 Å². The van der Waals surface area contributed by atoms with E-state index in [1.165, 1.54) is 0 Å². The first-order valence-electron chi connectivity index (χ1n) is 5.80. The molecule has 20 heavy (non-hydrogen) atoms. The van der Waals surface area contributed by atoms with Crippen molar-refractivity contribution in [2.45, 2.75) is 4.90 Å². The lowest BCUT2D eigenvalue weighted by Gasteiger charge is -2.18. The number of rotatable bonds is 4. The maximum Gasteiger partial charge on any atom is 0.263 e. The minimum absolute atomic E-state index is 0.217. The molecular formula is C13H14FN3O2S. The number of aromatic nitrogens is 1. The van der Waals surface area contributed by atoms with Crippen molar-refractivity contribution in [3.63, 3.8) is 0 Å². The molecule has 106 valence electrons. The van der Waals surface area contributed by atoms with Crippen molar-refractivity contribution in [3.05, 3.63) is 48.5 Å². The molecule has 0 bridgehead atoms. The van der Waals surface area contributed by atoms with Crippen molar-refractivity contribution in [3.8, 4) is 0 Å². The van der Waals surface area contributed by atoms with Gasteiger partial charge in [-0.2, -0.15) is 0 Å². The lowest BCUT2D eigenvalue weighted by Crippen LogP contribution is -2.17. The normalized spacial score (nSPS) is 11.2. The SMILES string of the molecule is CN(C)c1ccccc1NS(=O)(=O)c1cncc(F)c1. The third kappa shape index (κ3) is 3.05. The molecule has 0 aliphatic heterocycles. The molecule has 1 aromatic carbocycles. The van der Waals surface area contributed by atoms with Gasteiger partial charge in [-0.1, -0.05) is 12.1 Å². The largest absolute Gasteiger partial charge is 0.376 e. The van der Waals surface area contributed by atoms with Gasteiger partial charge in [0.25, 0.3) is 10.0 Å². The van der Waals surface area contributed by atoms with Gasteiger partial charge in [-0.25, -0.2) is 12.8 Å². The monoisotopic (exact) mass is 295 g/mol. The number of nitrogens with one attached hydrogen (secondary N) is 1. The molecule has 0 aliphatic carbocycles. The minimum atomic E-state index is -3.87. The van der Waals surface area contributed by atoms with Crippen molar-refractivity contribution in [1.82, 2.24) is 4.98 Å². The molecule has 1 heterocycles. The fraction of sp³-hybridized carbons (Fsp3) is 0.154. The standard InChI is InChI=1S/C13H14FN3O2S/c1-17(2)13-6-4-3-5-12(13)16-20(18,19)11-7-10(14)8-15-9-11/h3-9,16H,1-2H3. The Balaban J connectivity index is 2.39. The highest BCUT2D eigenvalue weighted by Crippen LogP contribution is 2.26. The molecule has 5 nitrogen and oxygen atoms in total. The molecule has 0 aliphatic rings. The van der Waals surface area contributed by atoms with Crippen LogP contribution in [0.25, 0.3) is 0 Å². The van der Waals surface area contributed by atoms with Crippen LogP contribution in [0, 0.1) is 5.82 Å². The topological polar surface area (TPSA) is 62.3 Å². The van der Waals surface area contributed by atoms with E-state index in [-0.39, 0.29) is 4.90 Å². The van der Waals surface area contributed by atoms with Crippen LogP contribution in [0.15, 0.2) is 47.6 Å². The van der Waals surface area contributed by atoms with E-state index in [0.29, 0.717) is 11.4 Å². The number of hydrogen-bond acceptors (Lipinski definition) is 4. The van der Waals surface area contributed by atoms with Gasteiger partial charge in [0.2, 0.25) is 0 Å². The van der Waals surface area contributed by atoms with Crippen molar-refractivity contribution in [1.29, 1.82) is 0 Å². The molecule has 1 aromatic heterocycles. The van der Waals surface area contributed by atoms with Crippen molar-refractivity contribution in [2.75, 3.05) is 23.7 Å². The van der Waals surface area contributed by atoms with E-state index in [0.717, 1.165) is 18.5 Å². The minimum Gasteiger partial charge on any atom is -0.376 e. The first kappa shape index (κ1) is 14.3. The van der Waals surface area contributed by atoms with E-state index in [9.17, 15) is 12.8 Å². The van der Waals surface area contributed by atoms with Crippen LogP contribution < -0.4 is 9.62 Å². The number of sulfonamides is 1. The number of anilines is 2. The second-order valence-electron chi connectivity index (χ2n) is 4.36. The van der Waals surface area contributed by atoms with Gasteiger partial charge in [0.05, 0.1) is 17.6 Å². The second kappa shape index (κ2) is 5.46. The Kier molecular flexibility index (Phi) is 3.89. The number of halogens is 1. The first-order chi connectivity index (χ1) is 9.40. The number of para-hydroxylation sites is 2. The molecule has 0 fully saturated rings. The summed E-state index contributed by atoms with van der Waals surface area (Å²) >= 11 is 0. The van der Waals surface area contributed by atoms with Crippen LogP contribution in [0.4, 0.5) is 15.8 Å². The number of pyridine rings is 1. The molecule has 0 saturated heterocycles. The molecule has 2 aromatic rings. The quantitative estimate of drug-likeness (QED) is 0.938. The van der Waals surface area contributed by atoms with Crippen LogP contribution >= 0.6 is 0 Å². The zero-order valence-corrected chi connectivity index (χ0v) is 11.9. The Bertz CT molecular complexity index is 717. The molecule has 7 heteroatoms. The van der Waals surface area contributed by atoms with Gasteiger partial charge >= 0.3 is 0 Å². The Morgan fingerprint density at radius 3 is 2.55 bits per heavy atom.